The lowest BCUT2D eigenvalue weighted by atomic mass is 9.81. The minimum atomic E-state index is -0.970. The molecule has 13 atom stereocenters. The predicted molar refractivity (Wildman–Crippen MR) is 127 cm³/mol. The first-order valence-corrected chi connectivity index (χ1v) is 12.5. The Morgan fingerprint density at radius 2 is 1.54 bits per heavy atom. The molecule has 4 radical (unpaired) electrons. The molecule has 6 bridgehead atoms. The summed E-state index contributed by atoms with van der Waals surface area (Å²) in [6.07, 6.45) is -1.80. The van der Waals surface area contributed by atoms with Crippen molar-refractivity contribution in [2.24, 2.45) is 5.92 Å². The van der Waals surface area contributed by atoms with Gasteiger partial charge >= 0.3 is 0 Å². The molecule has 0 aromatic rings. The highest BCUT2D eigenvalue weighted by atomic mass is 16.7. The van der Waals surface area contributed by atoms with Crippen molar-refractivity contribution in [1.29, 1.82) is 0 Å². The lowest BCUT2D eigenvalue weighted by molar-refractivity contribution is -0.194. The van der Waals surface area contributed by atoms with E-state index in [1.807, 2.05) is 13.8 Å². The van der Waals surface area contributed by atoms with Crippen molar-refractivity contribution in [2.75, 3.05) is 53.9 Å². The smallest absolute Gasteiger partial charge is 0.146 e. The van der Waals surface area contributed by atoms with Gasteiger partial charge < -0.3 is 58.3 Å². The second-order valence-electron chi connectivity index (χ2n) is 10.6. The molecule has 6 saturated heterocycles. The lowest BCUT2D eigenvalue weighted by Gasteiger charge is -2.34. The first-order valence-electron chi connectivity index (χ1n) is 12.5. The molecule has 208 valence electrons. The quantitative estimate of drug-likeness (QED) is 0.267. The number of aliphatic hydroxyl groups excluding tert-OH is 4. The van der Waals surface area contributed by atoms with Crippen LogP contribution in [0.15, 0.2) is 0 Å². The van der Waals surface area contributed by atoms with Crippen molar-refractivity contribution in [2.45, 2.75) is 85.4 Å². The summed E-state index contributed by atoms with van der Waals surface area (Å²) in [5, 5.41) is 37.1. The molecular formula is C23H38B2O12. The van der Waals surface area contributed by atoms with Crippen LogP contribution in [0.3, 0.4) is 0 Å². The van der Waals surface area contributed by atoms with Crippen molar-refractivity contribution in [3.05, 3.63) is 0 Å². The van der Waals surface area contributed by atoms with E-state index in [0.717, 1.165) is 0 Å². The molecule has 12 nitrogen and oxygen atoms in total. The molecule has 0 aromatic carbocycles. The van der Waals surface area contributed by atoms with Crippen molar-refractivity contribution < 1.29 is 58.3 Å². The van der Waals surface area contributed by atoms with Crippen LogP contribution in [0, 0.1) is 5.92 Å². The summed E-state index contributed by atoms with van der Waals surface area (Å²) < 4.78 is 43.1. The summed E-state index contributed by atoms with van der Waals surface area (Å²) in [7, 11) is 14.4. The first-order chi connectivity index (χ1) is 17.5. The fourth-order valence-electron chi connectivity index (χ4n) is 6.11. The van der Waals surface area contributed by atoms with Crippen LogP contribution >= 0.6 is 0 Å². The monoisotopic (exact) mass is 528 g/mol. The number of hydrogen-bond donors (Lipinski definition) is 4. The normalized spacial score (nSPS) is 53.0. The molecule has 0 amide bonds. The largest absolute Gasteiger partial charge is 0.393 e. The molecule has 6 rings (SSSR count). The fraction of sp³-hybridized carbons (Fsp3) is 1.00. The van der Waals surface area contributed by atoms with E-state index in [2.05, 4.69) is 0 Å². The first kappa shape index (κ1) is 29.6. The summed E-state index contributed by atoms with van der Waals surface area (Å²) in [4.78, 5) is 0. The number of hydrogen-bond acceptors (Lipinski definition) is 12. The van der Waals surface area contributed by atoms with Gasteiger partial charge in [0.1, 0.15) is 56.9 Å². The Morgan fingerprint density at radius 3 is 2.03 bits per heavy atom. The molecule has 14 heteroatoms. The van der Waals surface area contributed by atoms with Gasteiger partial charge in [0.05, 0.1) is 58.0 Å². The maximum absolute atomic E-state index is 9.68. The zero-order valence-electron chi connectivity index (χ0n) is 21.7. The molecule has 0 saturated carbocycles. The van der Waals surface area contributed by atoms with Crippen LogP contribution in [0.2, 0.25) is 0 Å². The van der Waals surface area contributed by atoms with Gasteiger partial charge in [0.25, 0.3) is 0 Å². The van der Waals surface area contributed by atoms with E-state index in [1.54, 1.807) is 14.2 Å². The third-order valence-electron chi connectivity index (χ3n) is 8.32. The van der Waals surface area contributed by atoms with Crippen molar-refractivity contribution in [3.63, 3.8) is 0 Å². The van der Waals surface area contributed by atoms with Crippen molar-refractivity contribution >= 4 is 15.7 Å². The van der Waals surface area contributed by atoms with E-state index in [0.29, 0.717) is 13.2 Å². The summed E-state index contributed by atoms with van der Waals surface area (Å²) in [6.45, 7) is 4.89. The molecule has 5 unspecified atom stereocenters. The van der Waals surface area contributed by atoms with E-state index in [4.69, 9.17) is 63.8 Å². The fourth-order valence-corrected chi connectivity index (χ4v) is 6.11. The van der Waals surface area contributed by atoms with Gasteiger partial charge in [0.15, 0.2) is 0 Å². The SMILES string of the molecule is COC[C@]12O[C@@H](C)[C@H](OC1C)[C@@H]2OC.[B]C1O[C@@]2(CO)COC[C@H]1C2O.[B]C1O[C@@]2(CO)CO[C@H]1C2O. The van der Waals surface area contributed by atoms with Gasteiger partial charge in [0, 0.05) is 32.1 Å². The lowest BCUT2D eigenvalue weighted by Crippen LogP contribution is -2.52. The van der Waals surface area contributed by atoms with Crippen LogP contribution < -0.4 is 0 Å². The average molecular weight is 528 g/mol. The number of fused-ring (bicyclic) bond motifs is 6. The molecule has 6 aliphatic rings. The number of ether oxygens (including phenoxy) is 8. The average Bonchev–Trinajstić information content (AvgIpc) is 3.53. The van der Waals surface area contributed by atoms with E-state index in [9.17, 15) is 10.2 Å². The molecule has 0 aromatic heterocycles. The maximum Gasteiger partial charge on any atom is 0.146 e. The Labute approximate surface area is 219 Å². The second kappa shape index (κ2) is 11.3. The summed E-state index contributed by atoms with van der Waals surface area (Å²) in [6, 6.07) is -1.12. The molecule has 0 aliphatic carbocycles. The molecule has 6 heterocycles. The molecule has 6 fully saturated rings. The van der Waals surface area contributed by atoms with Crippen LogP contribution in [-0.2, 0) is 37.9 Å². The van der Waals surface area contributed by atoms with Crippen molar-refractivity contribution in [1.82, 2.24) is 0 Å². The predicted octanol–water partition coefficient (Wildman–Crippen LogP) is -3.16. The van der Waals surface area contributed by atoms with Gasteiger partial charge in [-0.3, -0.25) is 0 Å². The zero-order valence-corrected chi connectivity index (χ0v) is 21.7. The Morgan fingerprint density at radius 1 is 0.892 bits per heavy atom. The highest BCUT2D eigenvalue weighted by Gasteiger charge is 2.64. The van der Waals surface area contributed by atoms with Gasteiger partial charge in [-0.2, -0.15) is 0 Å². The summed E-state index contributed by atoms with van der Waals surface area (Å²) in [5.74, 6) is -0.203. The summed E-state index contributed by atoms with van der Waals surface area (Å²) in [5.41, 5.74) is -2.33. The van der Waals surface area contributed by atoms with Crippen LogP contribution in [0.4, 0.5) is 0 Å². The Balaban J connectivity index is 0.000000131. The van der Waals surface area contributed by atoms with Gasteiger partial charge in [-0.15, -0.1) is 0 Å². The van der Waals surface area contributed by atoms with Crippen LogP contribution in [0.1, 0.15) is 13.8 Å². The van der Waals surface area contributed by atoms with Gasteiger partial charge in [-0.25, -0.2) is 0 Å². The minimum Gasteiger partial charge on any atom is -0.393 e. The van der Waals surface area contributed by atoms with Crippen molar-refractivity contribution in [3.8, 4) is 0 Å². The van der Waals surface area contributed by atoms with E-state index < -0.39 is 47.1 Å². The van der Waals surface area contributed by atoms with Gasteiger partial charge in [-0.1, -0.05) is 0 Å². The van der Waals surface area contributed by atoms with Crippen LogP contribution in [0.25, 0.3) is 0 Å². The summed E-state index contributed by atoms with van der Waals surface area (Å²) >= 11 is 0. The number of methoxy groups -OCH3 is 2. The molecular weight excluding hydrogens is 490 g/mol. The molecule has 0 spiro atoms. The topological polar surface area (TPSA) is 155 Å². The molecule has 37 heavy (non-hydrogen) atoms. The maximum atomic E-state index is 9.68. The third-order valence-corrected chi connectivity index (χ3v) is 8.32. The number of aliphatic hydroxyl groups is 4. The van der Waals surface area contributed by atoms with Gasteiger partial charge in [-0.05, 0) is 13.8 Å². The molecule has 6 aliphatic heterocycles. The highest BCUT2D eigenvalue weighted by molar-refractivity contribution is 6.12. The minimum absolute atomic E-state index is 0.00699. The second-order valence-corrected chi connectivity index (χ2v) is 10.6. The Kier molecular flexibility index (Phi) is 9.02. The van der Waals surface area contributed by atoms with Crippen LogP contribution in [0.5, 0.6) is 0 Å². The van der Waals surface area contributed by atoms with E-state index in [-0.39, 0.29) is 56.8 Å². The van der Waals surface area contributed by atoms with Crippen LogP contribution in [-0.4, -0.2) is 162 Å². The Bertz CT molecular complexity index is 782. The highest BCUT2D eigenvalue weighted by Crippen LogP contribution is 2.45. The third kappa shape index (κ3) is 4.81. The van der Waals surface area contributed by atoms with E-state index in [1.165, 1.54) is 0 Å². The standard InChI is InChI=1S/C10H18O4.C7H11BO4.C6H9BO4/c1-6-8-9(12-4)10(14-6,5-11-3)7(2)13-8;8-6-4-1-11-3-7(2-9,12-6)5(4)10;7-5-3-4(9)6(1-8,11-5)2-10-3/h6-9H,5H2,1-4H3;4-6,9-10H,1-3H2;3-5,8-9H,1-2H2/t6-,7?,8-,9-,10-;4-,5?,6?,7-;3-,4?,5?,6-/m000/s1. The van der Waals surface area contributed by atoms with Gasteiger partial charge in [0.2, 0.25) is 0 Å². The zero-order chi connectivity index (χ0) is 27.2. The Hall–Kier alpha value is -0.350. The number of rotatable bonds is 5. The van der Waals surface area contributed by atoms with E-state index >= 15 is 0 Å². The molecule has 4 N–H and O–H groups in total.